The summed E-state index contributed by atoms with van der Waals surface area (Å²) < 4.78 is 12.6. The Morgan fingerprint density at radius 1 is 1.17 bits per heavy atom. The predicted molar refractivity (Wildman–Crippen MR) is 91.8 cm³/mol. The first kappa shape index (κ1) is 16.5. The third kappa shape index (κ3) is 3.31. The summed E-state index contributed by atoms with van der Waals surface area (Å²) in [5.41, 5.74) is 0.522. The molecule has 2 fully saturated rings. The van der Waals surface area contributed by atoms with E-state index < -0.39 is 5.54 Å². The van der Waals surface area contributed by atoms with Gasteiger partial charge >= 0.3 is 0 Å². The summed E-state index contributed by atoms with van der Waals surface area (Å²) in [6.45, 7) is 0. The molecule has 0 aromatic heterocycles. The van der Waals surface area contributed by atoms with Crippen LogP contribution in [0.3, 0.4) is 0 Å². The van der Waals surface area contributed by atoms with Gasteiger partial charge in [0.15, 0.2) is 11.5 Å². The van der Waals surface area contributed by atoms with Gasteiger partial charge in [-0.05, 0) is 56.2 Å². The summed E-state index contributed by atoms with van der Waals surface area (Å²) in [5.74, 6) is 1.47. The van der Waals surface area contributed by atoms with Gasteiger partial charge in [0.1, 0.15) is 0 Å². The van der Waals surface area contributed by atoms with E-state index in [1.165, 1.54) is 12.8 Å². The smallest absolute Gasteiger partial charge is 0.235 e. The third-order valence-corrected chi connectivity index (χ3v) is 5.70. The van der Waals surface area contributed by atoms with Gasteiger partial charge in [-0.25, -0.2) is 4.79 Å². The molecule has 0 saturated heterocycles. The van der Waals surface area contributed by atoms with Crippen LogP contribution < -0.4 is 9.47 Å². The number of ether oxygens (including phenoxy) is 2. The van der Waals surface area contributed by atoms with Crippen molar-refractivity contribution in [2.45, 2.75) is 63.0 Å². The molecule has 0 amide bonds. The van der Waals surface area contributed by atoms with Gasteiger partial charge in [0.05, 0.1) is 18.8 Å². The maximum absolute atomic E-state index is 10.9. The zero-order valence-electron chi connectivity index (χ0n) is 13.4. The molecule has 124 valence electrons. The van der Waals surface area contributed by atoms with Crippen LogP contribution in [0, 0.1) is 0 Å². The molecule has 1 aromatic rings. The maximum atomic E-state index is 10.9. The minimum atomic E-state index is -0.472. The lowest BCUT2D eigenvalue weighted by Gasteiger charge is -2.26. The number of halogens is 1. The van der Waals surface area contributed by atoms with Gasteiger partial charge in [0.2, 0.25) is 6.08 Å². The van der Waals surface area contributed by atoms with E-state index in [9.17, 15) is 4.79 Å². The number of nitrogens with zero attached hydrogens (tertiary/aromatic N) is 1. The second-order valence-electron chi connectivity index (χ2n) is 6.45. The summed E-state index contributed by atoms with van der Waals surface area (Å²) in [6.07, 6.45) is 10.6. The summed E-state index contributed by atoms with van der Waals surface area (Å²) >= 11 is 3.65. The fraction of sp³-hybridized carbons (Fsp3) is 0.611. The lowest BCUT2D eigenvalue weighted by molar-refractivity contribution is 0.200. The minimum Gasteiger partial charge on any atom is -0.493 e. The molecule has 1 aromatic carbocycles. The molecule has 5 heteroatoms. The molecule has 4 nitrogen and oxygen atoms in total. The van der Waals surface area contributed by atoms with E-state index >= 15 is 0 Å². The normalized spacial score (nSPS) is 20.3. The molecule has 3 rings (SSSR count). The monoisotopic (exact) mass is 379 g/mol. The van der Waals surface area contributed by atoms with E-state index in [1.807, 2.05) is 12.1 Å². The third-order valence-electron chi connectivity index (χ3n) is 5.04. The van der Waals surface area contributed by atoms with Crippen molar-refractivity contribution < 1.29 is 14.3 Å². The minimum absolute atomic E-state index is 0.273. The lowest BCUT2D eigenvalue weighted by Crippen LogP contribution is -2.20. The Balaban J connectivity index is 1.97. The van der Waals surface area contributed by atoms with Crippen molar-refractivity contribution in [2.24, 2.45) is 4.99 Å². The van der Waals surface area contributed by atoms with Crippen LogP contribution in [0.5, 0.6) is 11.5 Å². The van der Waals surface area contributed by atoms with Crippen LogP contribution in [0.25, 0.3) is 0 Å². The molecule has 0 atom stereocenters. The second kappa shape index (κ2) is 7.06. The van der Waals surface area contributed by atoms with Gasteiger partial charge in [-0.1, -0.05) is 28.8 Å². The number of methoxy groups -OCH3 is 1. The average Bonchev–Trinajstić information content (AvgIpc) is 3.20. The fourth-order valence-electron chi connectivity index (χ4n) is 3.82. The van der Waals surface area contributed by atoms with Crippen LogP contribution in [-0.4, -0.2) is 19.3 Å². The van der Waals surface area contributed by atoms with Crippen molar-refractivity contribution in [3.05, 3.63) is 22.2 Å². The summed E-state index contributed by atoms with van der Waals surface area (Å²) in [6, 6.07) is 3.94. The fourth-order valence-corrected chi connectivity index (χ4v) is 4.51. The van der Waals surface area contributed by atoms with Crippen molar-refractivity contribution in [3.8, 4) is 11.5 Å². The molecular weight excluding hydrogens is 358 g/mol. The van der Waals surface area contributed by atoms with Crippen molar-refractivity contribution in [2.75, 3.05) is 7.11 Å². The number of rotatable bonds is 5. The van der Waals surface area contributed by atoms with Gasteiger partial charge in [0, 0.05) is 4.47 Å². The van der Waals surface area contributed by atoms with Gasteiger partial charge < -0.3 is 9.47 Å². The number of hydrogen-bond acceptors (Lipinski definition) is 4. The van der Waals surface area contributed by atoms with Gasteiger partial charge in [-0.15, -0.1) is 0 Å². The van der Waals surface area contributed by atoms with Gasteiger partial charge in [0.25, 0.3) is 0 Å². The Kier molecular flexibility index (Phi) is 5.08. The van der Waals surface area contributed by atoms with Crippen LogP contribution in [0.1, 0.15) is 56.9 Å². The molecule has 0 heterocycles. The largest absolute Gasteiger partial charge is 0.493 e. The molecule has 2 aliphatic carbocycles. The van der Waals surface area contributed by atoms with E-state index in [2.05, 4.69) is 20.9 Å². The average molecular weight is 380 g/mol. The molecule has 0 unspecified atom stereocenters. The van der Waals surface area contributed by atoms with Crippen LogP contribution in [0.15, 0.2) is 21.6 Å². The Labute approximate surface area is 145 Å². The van der Waals surface area contributed by atoms with E-state index in [-0.39, 0.29) is 6.10 Å². The standard InChI is InChI=1S/C18H22BrNO3/c1-22-16-10-14(18(20-12-21)8-4-5-9-18)15(19)11-17(16)23-13-6-2-3-7-13/h10-11,13H,2-9H2,1H3. The molecular formula is C18H22BrNO3. The Bertz CT molecular complexity index is 613. The number of hydrogen-bond donors (Lipinski definition) is 0. The molecule has 0 radical (unpaired) electrons. The van der Waals surface area contributed by atoms with Gasteiger partial charge in [-0.3, -0.25) is 0 Å². The predicted octanol–water partition coefficient (Wildman–Crippen LogP) is 4.88. The Morgan fingerprint density at radius 3 is 2.48 bits per heavy atom. The number of aliphatic imine (C=N–C) groups is 1. The topological polar surface area (TPSA) is 47.9 Å². The molecule has 2 aliphatic rings. The highest BCUT2D eigenvalue weighted by Crippen LogP contribution is 2.48. The van der Waals surface area contributed by atoms with E-state index in [0.717, 1.165) is 54.3 Å². The van der Waals surface area contributed by atoms with Crippen LogP contribution in [0.4, 0.5) is 0 Å². The highest BCUT2D eigenvalue weighted by Gasteiger charge is 2.38. The van der Waals surface area contributed by atoms with Crippen molar-refractivity contribution in [3.63, 3.8) is 0 Å². The van der Waals surface area contributed by atoms with Crippen molar-refractivity contribution in [1.29, 1.82) is 0 Å². The first-order valence-electron chi connectivity index (χ1n) is 8.32. The van der Waals surface area contributed by atoms with Crippen LogP contribution in [0.2, 0.25) is 0 Å². The zero-order valence-corrected chi connectivity index (χ0v) is 15.0. The zero-order chi connectivity index (χ0) is 16.3. The molecule has 0 N–H and O–H groups in total. The Hall–Kier alpha value is -1.32. The quantitative estimate of drug-likeness (QED) is 0.540. The second-order valence-corrected chi connectivity index (χ2v) is 7.30. The first-order chi connectivity index (χ1) is 11.2. The molecule has 0 spiro atoms. The maximum Gasteiger partial charge on any atom is 0.235 e. The highest BCUT2D eigenvalue weighted by molar-refractivity contribution is 9.10. The van der Waals surface area contributed by atoms with Gasteiger partial charge in [-0.2, -0.15) is 4.99 Å². The van der Waals surface area contributed by atoms with E-state index in [4.69, 9.17) is 9.47 Å². The number of benzene rings is 1. The SMILES string of the molecule is COc1cc(C2(N=C=O)CCCC2)c(Br)cc1OC1CCCC1. The summed E-state index contributed by atoms with van der Waals surface area (Å²) in [5, 5.41) is 0. The number of carbonyl (C=O) groups excluding carboxylic acids is 1. The summed E-state index contributed by atoms with van der Waals surface area (Å²) in [4.78, 5) is 15.1. The lowest BCUT2D eigenvalue weighted by atomic mass is 9.88. The molecule has 2 saturated carbocycles. The van der Waals surface area contributed by atoms with E-state index in [0.29, 0.717) is 5.75 Å². The van der Waals surface area contributed by atoms with E-state index in [1.54, 1.807) is 13.2 Å². The van der Waals surface area contributed by atoms with Crippen molar-refractivity contribution in [1.82, 2.24) is 0 Å². The summed E-state index contributed by atoms with van der Waals surface area (Å²) in [7, 11) is 1.65. The van der Waals surface area contributed by atoms with Crippen LogP contribution >= 0.6 is 15.9 Å². The highest BCUT2D eigenvalue weighted by atomic mass is 79.9. The van der Waals surface area contributed by atoms with Crippen molar-refractivity contribution >= 4 is 22.0 Å². The molecule has 0 aliphatic heterocycles. The number of isocyanates is 1. The molecule has 0 bridgehead atoms. The molecule has 23 heavy (non-hydrogen) atoms. The Morgan fingerprint density at radius 2 is 1.87 bits per heavy atom. The first-order valence-corrected chi connectivity index (χ1v) is 9.11. The van der Waals surface area contributed by atoms with Crippen LogP contribution in [-0.2, 0) is 10.3 Å².